The summed E-state index contributed by atoms with van der Waals surface area (Å²) in [6.45, 7) is 1.60. The number of pyridine rings is 1. The highest BCUT2D eigenvalue weighted by Crippen LogP contribution is 2.38. The molecule has 3 heterocycles. The van der Waals surface area contributed by atoms with Gasteiger partial charge in [-0.15, -0.1) is 11.3 Å². The molecule has 1 aliphatic carbocycles. The van der Waals surface area contributed by atoms with Crippen molar-refractivity contribution in [3.63, 3.8) is 0 Å². The summed E-state index contributed by atoms with van der Waals surface area (Å²) in [7, 11) is 0. The topological polar surface area (TPSA) is 74.9 Å². The van der Waals surface area contributed by atoms with Crippen molar-refractivity contribution in [3.8, 4) is 10.6 Å². The Morgan fingerprint density at radius 3 is 2.63 bits per heavy atom. The number of carbonyl (C=O) groups is 2. The molecule has 1 saturated carbocycles. The molecule has 0 spiro atoms. The minimum Gasteiger partial charge on any atom is -0.477 e. The first kappa shape index (κ1) is 17.7. The zero-order valence-corrected chi connectivity index (χ0v) is 15.9. The number of carbonyl (C=O) groups excluding carboxylic acids is 1. The largest absolute Gasteiger partial charge is 0.477 e. The molecular formula is C20H21N3O3S. The normalized spacial score (nSPS) is 15.1. The molecule has 0 aliphatic heterocycles. The van der Waals surface area contributed by atoms with Crippen molar-refractivity contribution in [1.82, 2.24) is 9.38 Å². The molecule has 3 aromatic heterocycles. The van der Waals surface area contributed by atoms with E-state index in [0.717, 1.165) is 42.0 Å². The lowest BCUT2D eigenvalue weighted by molar-refractivity contribution is -0.117. The number of imidazole rings is 1. The maximum Gasteiger partial charge on any atom is 0.345 e. The number of fused-ring (bicyclic) bond motifs is 1. The van der Waals surface area contributed by atoms with Gasteiger partial charge in [0.1, 0.15) is 22.0 Å². The summed E-state index contributed by atoms with van der Waals surface area (Å²) in [6.07, 6.45) is 7.29. The summed E-state index contributed by atoms with van der Waals surface area (Å²) in [4.78, 5) is 31.6. The van der Waals surface area contributed by atoms with Crippen LogP contribution in [0.15, 0.2) is 36.5 Å². The van der Waals surface area contributed by atoms with Crippen LogP contribution < -0.4 is 4.90 Å². The fourth-order valence-electron chi connectivity index (χ4n) is 3.88. The first-order valence-corrected chi connectivity index (χ1v) is 9.98. The minimum absolute atomic E-state index is 0.0104. The predicted molar refractivity (Wildman–Crippen MR) is 105 cm³/mol. The first-order valence-electron chi connectivity index (χ1n) is 9.16. The van der Waals surface area contributed by atoms with Crippen LogP contribution in [0.4, 0.5) is 5.82 Å². The fraction of sp³-hybridized carbons (Fsp3) is 0.350. The third-order valence-electron chi connectivity index (χ3n) is 5.06. The standard InChI is InChI=1S/C20H21N3O3S/c1-13(24)23(14-7-3-2-4-8-14)19-18(15-10-11-16(27-15)20(25)26)21-17-9-5-6-12-22(17)19/h5-6,9-12,14H,2-4,7-8H2,1H3,(H,25,26). The van der Waals surface area contributed by atoms with Gasteiger partial charge in [-0.05, 0) is 37.1 Å². The molecule has 6 nitrogen and oxygen atoms in total. The van der Waals surface area contributed by atoms with Crippen molar-refractivity contribution in [3.05, 3.63) is 41.4 Å². The van der Waals surface area contributed by atoms with Gasteiger partial charge in [0, 0.05) is 19.2 Å². The Morgan fingerprint density at radius 2 is 1.96 bits per heavy atom. The Balaban J connectivity index is 1.91. The van der Waals surface area contributed by atoms with E-state index in [4.69, 9.17) is 4.98 Å². The second-order valence-electron chi connectivity index (χ2n) is 6.86. The van der Waals surface area contributed by atoms with E-state index in [1.807, 2.05) is 33.7 Å². The van der Waals surface area contributed by atoms with Crippen LogP contribution in [0, 0.1) is 0 Å². The number of amides is 1. The highest BCUT2D eigenvalue weighted by Gasteiger charge is 2.30. The molecule has 0 aromatic carbocycles. The lowest BCUT2D eigenvalue weighted by Gasteiger charge is -2.33. The molecule has 0 saturated heterocycles. The lowest BCUT2D eigenvalue weighted by atomic mass is 9.94. The number of rotatable bonds is 4. The van der Waals surface area contributed by atoms with Crippen LogP contribution in [-0.4, -0.2) is 32.4 Å². The van der Waals surface area contributed by atoms with Crippen molar-refractivity contribution in [2.24, 2.45) is 0 Å². The number of aromatic carboxylic acids is 1. The average molecular weight is 383 g/mol. The minimum atomic E-state index is -0.952. The van der Waals surface area contributed by atoms with Gasteiger partial charge in [-0.25, -0.2) is 9.78 Å². The molecule has 3 aromatic rings. The van der Waals surface area contributed by atoms with Crippen molar-refractivity contribution < 1.29 is 14.7 Å². The van der Waals surface area contributed by atoms with Crippen molar-refractivity contribution in [2.45, 2.75) is 45.1 Å². The third-order valence-corrected chi connectivity index (χ3v) is 6.14. The van der Waals surface area contributed by atoms with Crippen LogP contribution >= 0.6 is 11.3 Å². The summed E-state index contributed by atoms with van der Waals surface area (Å²) < 4.78 is 1.94. The summed E-state index contributed by atoms with van der Waals surface area (Å²) in [5.41, 5.74) is 1.41. The number of hydrogen-bond acceptors (Lipinski definition) is 4. The van der Waals surface area contributed by atoms with Gasteiger partial charge in [0.05, 0.1) is 4.88 Å². The quantitative estimate of drug-likeness (QED) is 0.722. The number of hydrogen-bond donors (Lipinski definition) is 1. The zero-order chi connectivity index (χ0) is 19.0. The summed E-state index contributed by atoms with van der Waals surface area (Å²) >= 11 is 1.19. The Labute approximate surface area is 161 Å². The van der Waals surface area contributed by atoms with Crippen molar-refractivity contribution in [1.29, 1.82) is 0 Å². The lowest BCUT2D eigenvalue weighted by Crippen LogP contribution is -2.41. The van der Waals surface area contributed by atoms with E-state index in [-0.39, 0.29) is 16.8 Å². The molecule has 1 amide bonds. The third kappa shape index (κ3) is 3.23. The van der Waals surface area contributed by atoms with Gasteiger partial charge in [0.25, 0.3) is 0 Å². The SMILES string of the molecule is CC(=O)N(c1c(-c2ccc(C(=O)O)s2)nc2ccccn12)C1CCCCC1. The van der Waals surface area contributed by atoms with Gasteiger partial charge in [-0.1, -0.05) is 25.3 Å². The van der Waals surface area contributed by atoms with Crippen LogP contribution in [-0.2, 0) is 4.79 Å². The molecule has 140 valence electrons. The van der Waals surface area contributed by atoms with E-state index in [1.165, 1.54) is 17.8 Å². The molecular weight excluding hydrogens is 362 g/mol. The molecule has 0 atom stereocenters. The maximum atomic E-state index is 12.7. The van der Waals surface area contributed by atoms with Crippen molar-refractivity contribution in [2.75, 3.05) is 4.90 Å². The van der Waals surface area contributed by atoms with E-state index in [1.54, 1.807) is 19.1 Å². The highest BCUT2D eigenvalue weighted by atomic mass is 32.1. The van der Waals surface area contributed by atoms with E-state index < -0.39 is 5.97 Å². The number of carboxylic acids is 1. The Kier molecular flexibility index (Phi) is 4.70. The molecule has 1 N–H and O–H groups in total. The van der Waals surface area contributed by atoms with Crippen LogP contribution in [0.25, 0.3) is 16.2 Å². The first-order chi connectivity index (χ1) is 13.1. The maximum absolute atomic E-state index is 12.7. The van der Waals surface area contributed by atoms with E-state index in [2.05, 4.69) is 0 Å². The number of aromatic nitrogens is 2. The van der Waals surface area contributed by atoms with Crippen molar-refractivity contribution >= 4 is 34.7 Å². The Morgan fingerprint density at radius 1 is 1.19 bits per heavy atom. The van der Waals surface area contributed by atoms with Gasteiger partial charge in [-0.2, -0.15) is 0 Å². The number of nitrogens with zero attached hydrogens (tertiary/aromatic N) is 3. The van der Waals surface area contributed by atoms with Gasteiger partial charge >= 0.3 is 5.97 Å². The second kappa shape index (κ2) is 7.15. The smallest absolute Gasteiger partial charge is 0.345 e. The van der Waals surface area contributed by atoms with E-state index in [0.29, 0.717) is 5.69 Å². The monoisotopic (exact) mass is 383 g/mol. The van der Waals surface area contributed by atoms with Crippen LogP contribution in [0.5, 0.6) is 0 Å². The average Bonchev–Trinajstić information content (AvgIpc) is 3.28. The predicted octanol–water partition coefficient (Wildman–Crippen LogP) is 4.45. The molecule has 7 heteroatoms. The number of anilines is 1. The van der Waals surface area contributed by atoms with E-state index in [9.17, 15) is 14.7 Å². The molecule has 0 radical (unpaired) electrons. The molecule has 0 bridgehead atoms. The molecule has 27 heavy (non-hydrogen) atoms. The van der Waals surface area contributed by atoms with Crippen LogP contribution in [0.2, 0.25) is 0 Å². The van der Waals surface area contributed by atoms with Gasteiger partial charge < -0.3 is 5.11 Å². The number of carboxylic acid groups (broad SMARTS) is 1. The summed E-state index contributed by atoms with van der Waals surface area (Å²) in [5, 5.41) is 9.28. The summed E-state index contributed by atoms with van der Waals surface area (Å²) in [6, 6.07) is 9.24. The molecule has 4 rings (SSSR count). The Bertz CT molecular complexity index is 1000. The second-order valence-corrected chi connectivity index (χ2v) is 7.95. The van der Waals surface area contributed by atoms with Crippen LogP contribution in [0.3, 0.4) is 0 Å². The summed E-state index contributed by atoms with van der Waals surface area (Å²) in [5.74, 6) is -0.222. The van der Waals surface area contributed by atoms with E-state index >= 15 is 0 Å². The number of thiophene rings is 1. The van der Waals surface area contributed by atoms with Gasteiger partial charge in [0.2, 0.25) is 5.91 Å². The zero-order valence-electron chi connectivity index (χ0n) is 15.1. The molecule has 1 fully saturated rings. The van der Waals surface area contributed by atoms with Gasteiger partial charge in [-0.3, -0.25) is 14.1 Å². The molecule has 0 unspecified atom stereocenters. The van der Waals surface area contributed by atoms with Crippen LogP contribution in [0.1, 0.15) is 48.7 Å². The fourth-order valence-corrected chi connectivity index (χ4v) is 4.71. The Hall–Kier alpha value is -2.67. The highest BCUT2D eigenvalue weighted by molar-refractivity contribution is 7.17. The van der Waals surface area contributed by atoms with Gasteiger partial charge in [0.15, 0.2) is 0 Å². The molecule has 1 aliphatic rings.